The molecule has 0 unspecified atom stereocenters. The maximum absolute atomic E-state index is 12.4. The number of aromatic hydroxyl groups is 1. The molecule has 1 N–H and O–H groups in total. The molecule has 26 heavy (non-hydrogen) atoms. The van der Waals surface area contributed by atoms with E-state index in [-0.39, 0.29) is 17.6 Å². The number of ether oxygens (including phenoxy) is 1. The molecule has 1 saturated carbocycles. The minimum atomic E-state index is 0.114. The Hall–Kier alpha value is -2.40. The van der Waals surface area contributed by atoms with E-state index in [0.717, 1.165) is 37.4 Å². The quantitative estimate of drug-likeness (QED) is 0.838. The van der Waals surface area contributed by atoms with Crippen LogP contribution in [0.15, 0.2) is 42.6 Å². The fourth-order valence-corrected chi connectivity index (χ4v) is 4.22. The Balaban J connectivity index is 1.28. The molecule has 3 atom stereocenters. The molecule has 0 bridgehead atoms. The zero-order chi connectivity index (χ0) is 18.1. The van der Waals surface area contributed by atoms with Crippen molar-refractivity contribution in [1.82, 2.24) is 9.88 Å². The van der Waals surface area contributed by atoms with Gasteiger partial charge in [-0.25, -0.2) is 0 Å². The highest BCUT2D eigenvalue weighted by molar-refractivity contribution is 5.97. The molecular formula is C21H24N2O3. The maximum Gasteiger partial charge on any atom is 0.176 e. The Morgan fingerprint density at radius 1 is 1.15 bits per heavy atom. The number of rotatable bonds is 5. The number of nitrogens with zero attached hydrogens (tertiary/aromatic N) is 2. The second-order valence-electron chi connectivity index (χ2n) is 7.53. The molecule has 2 aromatic rings. The van der Waals surface area contributed by atoms with Crippen LogP contribution in [0.25, 0.3) is 0 Å². The van der Waals surface area contributed by atoms with Crippen LogP contribution in [0.1, 0.15) is 28.9 Å². The second kappa shape index (κ2) is 7.08. The van der Waals surface area contributed by atoms with Crippen molar-refractivity contribution in [2.75, 3.05) is 19.6 Å². The van der Waals surface area contributed by atoms with Gasteiger partial charge in [-0.1, -0.05) is 0 Å². The number of hydrogen-bond donors (Lipinski definition) is 1. The lowest BCUT2D eigenvalue weighted by atomic mass is 10.0. The molecular weight excluding hydrogens is 328 g/mol. The number of aromatic nitrogens is 1. The lowest BCUT2D eigenvalue weighted by molar-refractivity contribution is 0.0936. The third-order valence-corrected chi connectivity index (χ3v) is 5.53. The number of ketones is 1. The molecule has 0 spiro atoms. The number of aryl methyl sites for hydroxylation is 1. The lowest BCUT2D eigenvalue weighted by Gasteiger charge is -2.19. The molecule has 1 saturated heterocycles. The number of fused-ring (bicyclic) bond motifs is 1. The van der Waals surface area contributed by atoms with E-state index < -0.39 is 0 Å². The number of carbonyl (C=O) groups excluding carboxylic acids is 1. The molecule has 1 aliphatic heterocycles. The summed E-state index contributed by atoms with van der Waals surface area (Å²) in [7, 11) is 0. The van der Waals surface area contributed by atoms with Crippen molar-refractivity contribution in [3.63, 3.8) is 0 Å². The molecule has 5 heteroatoms. The first-order valence-corrected chi connectivity index (χ1v) is 9.21. The van der Waals surface area contributed by atoms with Crippen molar-refractivity contribution in [3.05, 3.63) is 53.9 Å². The first-order chi connectivity index (χ1) is 12.6. The highest BCUT2D eigenvalue weighted by Crippen LogP contribution is 2.39. The lowest BCUT2D eigenvalue weighted by Crippen LogP contribution is -2.30. The third-order valence-electron chi connectivity index (χ3n) is 5.53. The van der Waals surface area contributed by atoms with Crippen LogP contribution in [0, 0.1) is 18.8 Å². The SMILES string of the molecule is Cc1ccc(O[C@H]2C[C@@H]3CN(CC(=O)c4ccc(O)cc4)C[C@@H]3C2)cn1. The minimum Gasteiger partial charge on any atom is -0.508 e. The fourth-order valence-electron chi connectivity index (χ4n) is 4.22. The van der Waals surface area contributed by atoms with Gasteiger partial charge in [0.05, 0.1) is 18.8 Å². The third kappa shape index (κ3) is 3.73. The number of benzene rings is 1. The van der Waals surface area contributed by atoms with Gasteiger partial charge in [0, 0.05) is 24.3 Å². The molecule has 4 rings (SSSR count). The van der Waals surface area contributed by atoms with E-state index in [0.29, 0.717) is 23.9 Å². The average molecular weight is 352 g/mol. The minimum absolute atomic E-state index is 0.114. The van der Waals surface area contributed by atoms with E-state index in [4.69, 9.17) is 4.74 Å². The summed E-state index contributed by atoms with van der Waals surface area (Å²) in [5, 5.41) is 9.34. The van der Waals surface area contributed by atoms with Crippen molar-refractivity contribution in [2.45, 2.75) is 25.9 Å². The van der Waals surface area contributed by atoms with E-state index >= 15 is 0 Å². The summed E-state index contributed by atoms with van der Waals surface area (Å²) >= 11 is 0. The molecule has 136 valence electrons. The molecule has 1 aromatic carbocycles. The van der Waals surface area contributed by atoms with E-state index in [1.807, 2.05) is 19.1 Å². The summed E-state index contributed by atoms with van der Waals surface area (Å²) in [5.74, 6) is 2.35. The first kappa shape index (κ1) is 17.0. The van der Waals surface area contributed by atoms with Gasteiger partial charge < -0.3 is 9.84 Å². The van der Waals surface area contributed by atoms with Crippen LogP contribution in [-0.4, -0.2) is 46.5 Å². The topological polar surface area (TPSA) is 62.7 Å². The molecule has 2 fully saturated rings. The summed E-state index contributed by atoms with van der Waals surface area (Å²) in [6.07, 6.45) is 4.14. The van der Waals surface area contributed by atoms with E-state index in [2.05, 4.69) is 9.88 Å². The van der Waals surface area contributed by atoms with Gasteiger partial charge in [0.1, 0.15) is 11.5 Å². The zero-order valence-corrected chi connectivity index (χ0v) is 15.0. The highest BCUT2D eigenvalue weighted by atomic mass is 16.5. The van der Waals surface area contributed by atoms with Crippen molar-refractivity contribution in [1.29, 1.82) is 0 Å². The van der Waals surface area contributed by atoms with Crippen LogP contribution in [0.3, 0.4) is 0 Å². The Bertz CT molecular complexity index is 759. The van der Waals surface area contributed by atoms with Crippen LogP contribution in [0.4, 0.5) is 0 Å². The van der Waals surface area contributed by atoms with Crippen LogP contribution in [0.2, 0.25) is 0 Å². The smallest absolute Gasteiger partial charge is 0.176 e. The van der Waals surface area contributed by atoms with Gasteiger partial charge >= 0.3 is 0 Å². The molecule has 2 heterocycles. The van der Waals surface area contributed by atoms with Crippen LogP contribution >= 0.6 is 0 Å². The van der Waals surface area contributed by atoms with Crippen LogP contribution in [-0.2, 0) is 0 Å². The van der Waals surface area contributed by atoms with Gasteiger partial charge in [-0.2, -0.15) is 0 Å². The van der Waals surface area contributed by atoms with Crippen molar-refractivity contribution < 1.29 is 14.6 Å². The number of pyridine rings is 1. The fraction of sp³-hybridized carbons (Fsp3) is 0.429. The van der Waals surface area contributed by atoms with Crippen LogP contribution in [0.5, 0.6) is 11.5 Å². The predicted molar refractivity (Wildman–Crippen MR) is 98.5 cm³/mol. The van der Waals surface area contributed by atoms with Crippen LogP contribution < -0.4 is 4.74 Å². The first-order valence-electron chi connectivity index (χ1n) is 9.21. The summed E-state index contributed by atoms with van der Waals surface area (Å²) in [5.41, 5.74) is 1.66. The molecule has 0 radical (unpaired) electrons. The molecule has 5 nitrogen and oxygen atoms in total. The van der Waals surface area contributed by atoms with Crippen molar-refractivity contribution in [3.8, 4) is 11.5 Å². The van der Waals surface area contributed by atoms with Crippen molar-refractivity contribution in [2.24, 2.45) is 11.8 Å². The summed E-state index contributed by atoms with van der Waals surface area (Å²) in [4.78, 5) is 19.0. The number of Topliss-reactive ketones (excluding diaryl/α,β-unsaturated/α-hetero) is 1. The van der Waals surface area contributed by atoms with E-state index in [1.165, 1.54) is 0 Å². The summed E-state index contributed by atoms with van der Waals surface area (Å²) < 4.78 is 6.09. The zero-order valence-electron chi connectivity index (χ0n) is 15.0. The molecule has 1 aliphatic carbocycles. The van der Waals surface area contributed by atoms with Gasteiger partial charge in [-0.3, -0.25) is 14.7 Å². The Labute approximate surface area is 153 Å². The molecule has 2 aliphatic rings. The monoisotopic (exact) mass is 352 g/mol. The summed E-state index contributed by atoms with van der Waals surface area (Å²) in [6.45, 7) is 4.34. The summed E-state index contributed by atoms with van der Waals surface area (Å²) in [6, 6.07) is 10.5. The van der Waals surface area contributed by atoms with E-state index in [1.54, 1.807) is 30.5 Å². The number of likely N-dealkylation sites (tertiary alicyclic amines) is 1. The molecule has 1 aromatic heterocycles. The maximum atomic E-state index is 12.4. The highest BCUT2D eigenvalue weighted by Gasteiger charge is 2.42. The Morgan fingerprint density at radius 3 is 2.46 bits per heavy atom. The van der Waals surface area contributed by atoms with Crippen molar-refractivity contribution >= 4 is 5.78 Å². The van der Waals surface area contributed by atoms with Gasteiger partial charge in [0.25, 0.3) is 0 Å². The second-order valence-corrected chi connectivity index (χ2v) is 7.53. The molecule has 0 amide bonds. The largest absolute Gasteiger partial charge is 0.508 e. The Kier molecular flexibility index (Phi) is 4.64. The standard InChI is InChI=1S/C21H24N2O3/c1-14-2-7-19(10-22-14)26-20-8-16-11-23(12-17(16)9-20)13-21(25)15-3-5-18(24)6-4-15/h2-7,10,16-17,20,24H,8-9,11-13H2,1H3/t16-,17+,20+. The van der Waals surface area contributed by atoms with Gasteiger partial charge in [0.2, 0.25) is 0 Å². The predicted octanol–water partition coefficient (Wildman–Crippen LogP) is 3.07. The Morgan fingerprint density at radius 2 is 1.85 bits per heavy atom. The van der Waals surface area contributed by atoms with Gasteiger partial charge in [0.15, 0.2) is 5.78 Å². The number of hydrogen-bond acceptors (Lipinski definition) is 5. The number of carbonyl (C=O) groups is 1. The number of phenolic OH excluding ortho intramolecular Hbond substituents is 1. The average Bonchev–Trinajstić information content (AvgIpc) is 3.15. The normalized spacial score (nSPS) is 25.2. The van der Waals surface area contributed by atoms with Gasteiger partial charge in [-0.05, 0) is 68.0 Å². The van der Waals surface area contributed by atoms with Gasteiger partial charge in [-0.15, -0.1) is 0 Å². The number of phenols is 1. The van der Waals surface area contributed by atoms with E-state index in [9.17, 15) is 9.90 Å².